The number of carbonyl (C=O) groups is 2. The van der Waals surface area contributed by atoms with Crippen LogP contribution >= 0.6 is 0 Å². The zero-order valence-corrected chi connectivity index (χ0v) is 14.0. The van der Waals surface area contributed by atoms with Crippen LogP contribution in [0.1, 0.15) is 48.5 Å². The molecule has 23 heavy (non-hydrogen) atoms. The molecule has 1 aromatic carbocycles. The highest BCUT2D eigenvalue weighted by atomic mass is 16.5. The van der Waals surface area contributed by atoms with Gasteiger partial charge in [-0.15, -0.1) is 0 Å². The number of hydrogen-bond acceptors (Lipinski definition) is 4. The Morgan fingerprint density at radius 3 is 2.35 bits per heavy atom. The van der Waals surface area contributed by atoms with Crippen molar-refractivity contribution in [3.8, 4) is 0 Å². The largest absolute Gasteiger partial charge is 0.462 e. The Morgan fingerprint density at radius 1 is 1.09 bits per heavy atom. The van der Waals surface area contributed by atoms with Gasteiger partial charge in [-0.3, -0.25) is 4.79 Å². The molecule has 1 fully saturated rings. The number of hydrogen-bond donors (Lipinski definition) is 0. The molecule has 0 spiro atoms. The molecule has 0 heterocycles. The summed E-state index contributed by atoms with van der Waals surface area (Å²) in [5.41, 5.74) is 1.38. The van der Waals surface area contributed by atoms with Crippen LogP contribution in [0.3, 0.4) is 0 Å². The van der Waals surface area contributed by atoms with E-state index in [2.05, 4.69) is 0 Å². The zero-order valence-electron chi connectivity index (χ0n) is 14.0. The Labute approximate surface area is 138 Å². The highest BCUT2D eigenvalue weighted by Gasteiger charge is 2.22. The van der Waals surface area contributed by atoms with Gasteiger partial charge in [-0.05, 0) is 62.1 Å². The minimum atomic E-state index is -0.297. The second-order valence-electron chi connectivity index (χ2n) is 6.52. The average molecular weight is 318 g/mol. The molecule has 126 valence electrons. The molecule has 0 aliphatic heterocycles. The van der Waals surface area contributed by atoms with Crippen molar-refractivity contribution in [2.45, 2.75) is 39.0 Å². The summed E-state index contributed by atoms with van der Waals surface area (Å²) in [5.74, 6) is 0.889. The molecule has 0 N–H and O–H groups in total. The third-order valence-corrected chi connectivity index (χ3v) is 4.43. The number of methoxy groups -OCH3 is 1. The zero-order chi connectivity index (χ0) is 16.7. The molecule has 1 aliphatic rings. The van der Waals surface area contributed by atoms with Crippen LogP contribution < -0.4 is 0 Å². The van der Waals surface area contributed by atoms with Gasteiger partial charge in [0, 0.05) is 20.1 Å². The Morgan fingerprint density at radius 2 is 1.74 bits per heavy atom. The molecule has 1 saturated carbocycles. The summed E-state index contributed by atoms with van der Waals surface area (Å²) in [6.45, 7) is 2.86. The van der Waals surface area contributed by atoms with Gasteiger partial charge in [0.25, 0.3) is 0 Å². The predicted molar refractivity (Wildman–Crippen MR) is 88.4 cm³/mol. The first-order chi connectivity index (χ1) is 11.1. The fourth-order valence-electron chi connectivity index (χ4n) is 3.17. The summed E-state index contributed by atoms with van der Waals surface area (Å²) in [4.78, 5) is 23.3. The number of ketones is 1. The van der Waals surface area contributed by atoms with Gasteiger partial charge < -0.3 is 9.47 Å². The van der Waals surface area contributed by atoms with E-state index in [1.54, 1.807) is 32.2 Å². The molecule has 0 aromatic heterocycles. The number of benzene rings is 1. The monoisotopic (exact) mass is 318 g/mol. The molecule has 0 radical (unpaired) electrons. The molecule has 1 aromatic rings. The number of rotatable bonds is 7. The predicted octanol–water partition coefficient (Wildman–Crippen LogP) is 3.43. The fourth-order valence-corrected chi connectivity index (χ4v) is 3.17. The van der Waals surface area contributed by atoms with Gasteiger partial charge in [0.1, 0.15) is 5.78 Å². The first-order valence-electron chi connectivity index (χ1n) is 8.33. The van der Waals surface area contributed by atoms with E-state index in [1.807, 2.05) is 6.07 Å². The molecular formula is C19H26O4. The molecule has 0 saturated heterocycles. The van der Waals surface area contributed by atoms with Crippen molar-refractivity contribution in [1.29, 1.82) is 0 Å². The minimum absolute atomic E-state index is 0.0864. The van der Waals surface area contributed by atoms with Crippen molar-refractivity contribution in [1.82, 2.24) is 0 Å². The molecule has 2 rings (SSSR count). The maximum atomic E-state index is 12.2. The molecule has 0 atom stereocenters. The van der Waals surface area contributed by atoms with Gasteiger partial charge in [-0.2, -0.15) is 0 Å². The molecule has 1 aliphatic carbocycles. The summed E-state index contributed by atoms with van der Waals surface area (Å²) in [5, 5.41) is 0. The van der Waals surface area contributed by atoms with Crippen LogP contribution in [0.4, 0.5) is 0 Å². The lowest BCUT2D eigenvalue weighted by molar-refractivity contribution is -0.116. The van der Waals surface area contributed by atoms with E-state index in [4.69, 9.17) is 9.47 Å². The topological polar surface area (TPSA) is 52.6 Å². The highest BCUT2D eigenvalue weighted by molar-refractivity contribution is 5.90. The second kappa shape index (κ2) is 8.82. The van der Waals surface area contributed by atoms with Gasteiger partial charge in [-0.1, -0.05) is 12.1 Å². The summed E-state index contributed by atoms with van der Waals surface area (Å²) >= 11 is 0. The van der Waals surface area contributed by atoms with E-state index < -0.39 is 0 Å². The maximum Gasteiger partial charge on any atom is 0.338 e. The van der Waals surface area contributed by atoms with Gasteiger partial charge in [-0.25, -0.2) is 4.79 Å². The molecule has 4 heteroatoms. The molecular weight excluding hydrogens is 292 g/mol. The smallest absolute Gasteiger partial charge is 0.338 e. The summed E-state index contributed by atoms with van der Waals surface area (Å²) < 4.78 is 10.7. The van der Waals surface area contributed by atoms with Crippen LogP contribution in [0.2, 0.25) is 0 Å². The number of carbonyl (C=O) groups excluding carboxylic acids is 2. The van der Waals surface area contributed by atoms with Crippen LogP contribution in [-0.2, 0) is 20.7 Å². The van der Waals surface area contributed by atoms with Gasteiger partial charge >= 0.3 is 5.97 Å². The normalized spacial score (nSPS) is 21.0. The molecule has 0 amide bonds. The van der Waals surface area contributed by atoms with Crippen molar-refractivity contribution < 1.29 is 19.1 Å². The fraction of sp³-hybridized carbons (Fsp3) is 0.579. The Bertz CT molecular complexity index is 530. The van der Waals surface area contributed by atoms with E-state index in [0.717, 1.165) is 37.9 Å². The lowest BCUT2D eigenvalue weighted by Crippen LogP contribution is -2.22. The molecule has 0 bridgehead atoms. The number of Topliss-reactive ketones (excluding diaryl/α,β-unsaturated/α-hetero) is 1. The third kappa shape index (κ3) is 5.79. The quantitative estimate of drug-likeness (QED) is 0.723. The summed E-state index contributed by atoms with van der Waals surface area (Å²) in [7, 11) is 1.74. The van der Waals surface area contributed by atoms with Crippen molar-refractivity contribution in [3.63, 3.8) is 0 Å². The van der Waals surface area contributed by atoms with Gasteiger partial charge in [0.2, 0.25) is 0 Å². The van der Waals surface area contributed by atoms with Crippen LogP contribution in [0.5, 0.6) is 0 Å². The SMILES string of the molecule is COCC1CCC(COC(=O)c2cccc(CC(C)=O)c2)CC1. The average Bonchev–Trinajstić information content (AvgIpc) is 2.54. The number of esters is 1. The maximum absolute atomic E-state index is 12.2. The Balaban J connectivity index is 1.80. The summed E-state index contributed by atoms with van der Waals surface area (Å²) in [6, 6.07) is 7.14. The van der Waals surface area contributed by atoms with E-state index in [9.17, 15) is 9.59 Å². The van der Waals surface area contributed by atoms with Gasteiger partial charge in [0.05, 0.1) is 12.2 Å². The number of ether oxygens (including phenoxy) is 2. The van der Waals surface area contributed by atoms with E-state index in [-0.39, 0.29) is 11.8 Å². The van der Waals surface area contributed by atoms with Crippen molar-refractivity contribution >= 4 is 11.8 Å². The lowest BCUT2D eigenvalue weighted by atomic mass is 9.83. The molecule has 0 unspecified atom stereocenters. The van der Waals surface area contributed by atoms with Crippen LogP contribution in [0, 0.1) is 11.8 Å². The van der Waals surface area contributed by atoms with Crippen LogP contribution in [0.15, 0.2) is 24.3 Å². The van der Waals surface area contributed by atoms with E-state index in [1.165, 1.54) is 0 Å². The van der Waals surface area contributed by atoms with E-state index >= 15 is 0 Å². The third-order valence-electron chi connectivity index (χ3n) is 4.43. The van der Waals surface area contributed by atoms with Crippen LogP contribution in [0.25, 0.3) is 0 Å². The van der Waals surface area contributed by atoms with E-state index in [0.29, 0.717) is 30.4 Å². The van der Waals surface area contributed by atoms with Crippen molar-refractivity contribution in [3.05, 3.63) is 35.4 Å². The van der Waals surface area contributed by atoms with Crippen molar-refractivity contribution in [2.24, 2.45) is 11.8 Å². The standard InChI is InChI=1S/C19H26O4/c1-14(20)10-17-4-3-5-18(11-17)19(21)23-13-16-8-6-15(7-9-16)12-22-2/h3-5,11,15-16H,6-10,12-13H2,1-2H3. The summed E-state index contributed by atoms with van der Waals surface area (Å²) in [6.07, 6.45) is 4.82. The van der Waals surface area contributed by atoms with Crippen molar-refractivity contribution in [2.75, 3.05) is 20.3 Å². The Kier molecular flexibility index (Phi) is 6.78. The molecule has 4 nitrogen and oxygen atoms in total. The first-order valence-corrected chi connectivity index (χ1v) is 8.33. The van der Waals surface area contributed by atoms with Gasteiger partial charge in [0.15, 0.2) is 0 Å². The first kappa shape index (κ1) is 17.7. The lowest BCUT2D eigenvalue weighted by Gasteiger charge is -2.27. The minimum Gasteiger partial charge on any atom is -0.462 e. The Hall–Kier alpha value is -1.68. The highest BCUT2D eigenvalue weighted by Crippen LogP contribution is 2.29. The van der Waals surface area contributed by atoms with Crippen LogP contribution in [-0.4, -0.2) is 32.1 Å². The second-order valence-corrected chi connectivity index (χ2v) is 6.52.